The van der Waals surface area contributed by atoms with Crippen LogP contribution >= 0.6 is 0 Å². The predicted molar refractivity (Wildman–Crippen MR) is 122 cm³/mol. The molecule has 5 heteroatoms. The number of hydrogen-bond acceptors (Lipinski definition) is 3. The number of carbonyl (C=O) groups excluding carboxylic acids is 2. The van der Waals surface area contributed by atoms with E-state index in [1.807, 2.05) is 79.4 Å². The number of rotatable bonds is 5. The number of likely N-dealkylation sites (tertiary alicyclic amines) is 1. The number of hydrogen-bond donors (Lipinski definition) is 1. The molecule has 0 atom stereocenters. The molecule has 0 aromatic heterocycles. The Morgan fingerprint density at radius 2 is 1.71 bits per heavy atom. The van der Waals surface area contributed by atoms with E-state index in [0.29, 0.717) is 18.8 Å². The summed E-state index contributed by atoms with van der Waals surface area (Å²) in [5.41, 5.74) is 3.07. The smallest absolute Gasteiger partial charge is 0.258 e. The maximum atomic E-state index is 13.1. The van der Waals surface area contributed by atoms with Crippen molar-refractivity contribution in [3.05, 3.63) is 77.4 Å². The highest BCUT2D eigenvalue weighted by Crippen LogP contribution is 2.22. The molecule has 3 aromatic rings. The topological polar surface area (TPSA) is 58.6 Å². The average molecular weight is 417 g/mol. The molecule has 1 N–H and O–H groups in total. The van der Waals surface area contributed by atoms with Crippen LogP contribution in [-0.4, -0.2) is 42.5 Å². The first-order chi connectivity index (χ1) is 15.0. The SMILES string of the molecule is Cc1ccc(OCC(=O)NC2CCN(C(=O)c3cccc4ccccc34)CC2)cc1C. The van der Waals surface area contributed by atoms with Gasteiger partial charge in [-0.15, -0.1) is 0 Å². The molecule has 4 rings (SSSR count). The Hall–Kier alpha value is -3.34. The zero-order valence-electron chi connectivity index (χ0n) is 18.1. The molecular formula is C26H28N2O3. The molecule has 2 amide bonds. The summed E-state index contributed by atoms with van der Waals surface area (Å²) in [7, 11) is 0. The van der Waals surface area contributed by atoms with Crippen LogP contribution in [0.25, 0.3) is 10.8 Å². The van der Waals surface area contributed by atoms with Gasteiger partial charge in [0.2, 0.25) is 0 Å². The van der Waals surface area contributed by atoms with Gasteiger partial charge in [-0.3, -0.25) is 9.59 Å². The van der Waals surface area contributed by atoms with E-state index in [1.54, 1.807) is 0 Å². The van der Waals surface area contributed by atoms with Gasteiger partial charge in [0, 0.05) is 24.7 Å². The van der Waals surface area contributed by atoms with Gasteiger partial charge in [-0.05, 0) is 66.8 Å². The molecule has 5 nitrogen and oxygen atoms in total. The van der Waals surface area contributed by atoms with E-state index < -0.39 is 0 Å². The normalized spacial score (nSPS) is 14.5. The van der Waals surface area contributed by atoms with Crippen LogP contribution in [0.1, 0.15) is 34.3 Å². The first-order valence-electron chi connectivity index (χ1n) is 10.8. The molecule has 1 fully saturated rings. The predicted octanol–water partition coefficient (Wildman–Crippen LogP) is 4.26. The van der Waals surface area contributed by atoms with Crippen molar-refractivity contribution in [3.63, 3.8) is 0 Å². The Bertz CT molecular complexity index is 1100. The third-order valence-corrected chi connectivity index (χ3v) is 6.02. The second-order valence-electron chi connectivity index (χ2n) is 8.20. The standard InChI is InChI=1S/C26H28N2O3/c1-18-10-11-22(16-19(18)2)31-17-25(29)27-21-12-14-28(15-13-21)26(30)24-9-5-7-20-6-3-4-8-23(20)24/h3-11,16,21H,12-15,17H2,1-2H3,(H,27,29). The number of ether oxygens (including phenoxy) is 1. The molecule has 3 aromatic carbocycles. The van der Waals surface area contributed by atoms with Crippen molar-refractivity contribution < 1.29 is 14.3 Å². The van der Waals surface area contributed by atoms with Gasteiger partial charge < -0.3 is 15.0 Å². The monoisotopic (exact) mass is 416 g/mol. The van der Waals surface area contributed by atoms with E-state index in [2.05, 4.69) is 5.32 Å². The largest absolute Gasteiger partial charge is 0.484 e. The van der Waals surface area contributed by atoms with Crippen LogP contribution in [0.4, 0.5) is 0 Å². The van der Waals surface area contributed by atoms with Crippen molar-refractivity contribution >= 4 is 22.6 Å². The maximum absolute atomic E-state index is 13.1. The van der Waals surface area contributed by atoms with Gasteiger partial charge in [0.1, 0.15) is 5.75 Å². The van der Waals surface area contributed by atoms with Crippen LogP contribution in [0.2, 0.25) is 0 Å². The lowest BCUT2D eigenvalue weighted by Gasteiger charge is -2.32. The fourth-order valence-electron chi connectivity index (χ4n) is 4.03. The number of aryl methyl sites for hydroxylation is 2. The Labute approximate surface area is 183 Å². The number of nitrogens with one attached hydrogen (secondary N) is 1. The molecule has 31 heavy (non-hydrogen) atoms. The zero-order valence-corrected chi connectivity index (χ0v) is 18.1. The van der Waals surface area contributed by atoms with E-state index >= 15 is 0 Å². The summed E-state index contributed by atoms with van der Waals surface area (Å²) >= 11 is 0. The van der Waals surface area contributed by atoms with Gasteiger partial charge in [0.25, 0.3) is 11.8 Å². The average Bonchev–Trinajstić information content (AvgIpc) is 2.79. The molecular weight excluding hydrogens is 388 g/mol. The van der Waals surface area contributed by atoms with Crippen molar-refractivity contribution in [3.8, 4) is 5.75 Å². The van der Waals surface area contributed by atoms with Gasteiger partial charge in [-0.1, -0.05) is 42.5 Å². The molecule has 0 radical (unpaired) electrons. The highest BCUT2D eigenvalue weighted by atomic mass is 16.5. The quantitative estimate of drug-likeness (QED) is 0.676. The van der Waals surface area contributed by atoms with Gasteiger partial charge >= 0.3 is 0 Å². The van der Waals surface area contributed by atoms with E-state index in [9.17, 15) is 9.59 Å². The fraction of sp³-hybridized carbons (Fsp3) is 0.308. The summed E-state index contributed by atoms with van der Waals surface area (Å²) in [6.45, 7) is 5.33. The van der Waals surface area contributed by atoms with Crippen molar-refractivity contribution in [2.75, 3.05) is 19.7 Å². The lowest BCUT2D eigenvalue weighted by molar-refractivity contribution is -0.124. The van der Waals surface area contributed by atoms with Crippen LogP contribution < -0.4 is 10.1 Å². The molecule has 0 spiro atoms. The second-order valence-corrected chi connectivity index (χ2v) is 8.20. The van der Waals surface area contributed by atoms with Crippen LogP contribution in [0.5, 0.6) is 5.75 Å². The van der Waals surface area contributed by atoms with E-state index in [0.717, 1.165) is 34.7 Å². The van der Waals surface area contributed by atoms with Gasteiger partial charge in [-0.2, -0.15) is 0 Å². The first kappa shape index (κ1) is 20.9. The number of piperidine rings is 1. The molecule has 1 saturated heterocycles. The third-order valence-electron chi connectivity index (χ3n) is 6.02. The number of benzene rings is 3. The minimum Gasteiger partial charge on any atom is -0.484 e. The number of nitrogens with zero attached hydrogens (tertiary/aromatic N) is 1. The summed E-state index contributed by atoms with van der Waals surface area (Å²) < 4.78 is 5.63. The highest BCUT2D eigenvalue weighted by Gasteiger charge is 2.25. The number of fused-ring (bicyclic) bond motifs is 1. The molecule has 0 bridgehead atoms. The summed E-state index contributed by atoms with van der Waals surface area (Å²) in [4.78, 5) is 27.3. The van der Waals surface area contributed by atoms with Crippen molar-refractivity contribution in [2.45, 2.75) is 32.7 Å². The summed E-state index contributed by atoms with van der Waals surface area (Å²) in [6, 6.07) is 19.7. The van der Waals surface area contributed by atoms with Crippen LogP contribution in [0.15, 0.2) is 60.7 Å². The van der Waals surface area contributed by atoms with E-state index in [1.165, 1.54) is 5.56 Å². The fourth-order valence-corrected chi connectivity index (χ4v) is 4.03. The van der Waals surface area contributed by atoms with E-state index in [-0.39, 0.29) is 24.5 Å². The molecule has 0 saturated carbocycles. The summed E-state index contributed by atoms with van der Waals surface area (Å²) in [6.07, 6.45) is 1.48. The molecule has 1 aliphatic rings. The Balaban J connectivity index is 1.28. The van der Waals surface area contributed by atoms with E-state index in [4.69, 9.17) is 4.74 Å². The molecule has 160 valence electrons. The van der Waals surface area contributed by atoms with Crippen molar-refractivity contribution in [1.82, 2.24) is 10.2 Å². The Morgan fingerprint density at radius 1 is 0.968 bits per heavy atom. The number of amides is 2. The third kappa shape index (κ3) is 4.88. The Morgan fingerprint density at radius 3 is 2.48 bits per heavy atom. The molecule has 1 aliphatic heterocycles. The first-order valence-corrected chi connectivity index (χ1v) is 10.8. The van der Waals surface area contributed by atoms with Crippen molar-refractivity contribution in [1.29, 1.82) is 0 Å². The lowest BCUT2D eigenvalue weighted by atomic mass is 10.0. The summed E-state index contributed by atoms with van der Waals surface area (Å²) in [5, 5.41) is 5.09. The second kappa shape index (κ2) is 9.21. The van der Waals surface area contributed by atoms with Gasteiger partial charge in [0.15, 0.2) is 6.61 Å². The molecule has 0 unspecified atom stereocenters. The minimum absolute atomic E-state index is 0.00233. The Kier molecular flexibility index (Phi) is 6.21. The molecule has 1 heterocycles. The number of carbonyl (C=O) groups is 2. The highest BCUT2D eigenvalue weighted by molar-refractivity contribution is 6.07. The lowest BCUT2D eigenvalue weighted by Crippen LogP contribution is -2.47. The van der Waals surface area contributed by atoms with Gasteiger partial charge in [-0.25, -0.2) is 0 Å². The van der Waals surface area contributed by atoms with Crippen LogP contribution in [0.3, 0.4) is 0 Å². The van der Waals surface area contributed by atoms with Crippen LogP contribution in [-0.2, 0) is 4.79 Å². The zero-order chi connectivity index (χ0) is 21.8. The summed E-state index contributed by atoms with van der Waals surface area (Å²) in [5.74, 6) is 0.630. The van der Waals surface area contributed by atoms with Gasteiger partial charge in [0.05, 0.1) is 0 Å². The molecule has 0 aliphatic carbocycles. The maximum Gasteiger partial charge on any atom is 0.258 e. The minimum atomic E-state index is -0.128. The van der Waals surface area contributed by atoms with Crippen molar-refractivity contribution in [2.24, 2.45) is 0 Å². The van der Waals surface area contributed by atoms with Crippen LogP contribution in [0, 0.1) is 13.8 Å².